The lowest BCUT2D eigenvalue weighted by atomic mass is 9.69. The molecule has 0 saturated carbocycles. The number of para-hydroxylation sites is 1. The number of benzene rings is 3. The van der Waals surface area contributed by atoms with Crippen molar-refractivity contribution in [1.29, 1.82) is 0 Å². The van der Waals surface area contributed by atoms with Gasteiger partial charge in [-0.1, -0.05) is 60.7 Å². The van der Waals surface area contributed by atoms with Crippen LogP contribution in [0.2, 0.25) is 0 Å². The Balaban J connectivity index is 1.76. The van der Waals surface area contributed by atoms with Gasteiger partial charge in [0.2, 0.25) is 0 Å². The van der Waals surface area contributed by atoms with Crippen molar-refractivity contribution >= 4 is 11.0 Å². The van der Waals surface area contributed by atoms with Crippen LogP contribution >= 0.6 is 0 Å². The zero-order chi connectivity index (χ0) is 15.7. The first-order valence-electron chi connectivity index (χ1n) is 8.59. The molecule has 1 aromatic heterocycles. The third-order valence-electron chi connectivity index (χ3n) is 5.67. The quantitative estimate of drug-likeness (QED) is 0.365. The van der Waals surface area contributed by atoms with E-state index in [0.29, 0.717) is 5.92 Å². The minimum atomic E-state index is 0.313. The summed E-state index contributed by atoms with van der Waals surface area (Å²) in [7, 11) is 0. The van der Waals surface area contributed by atoms with Gasteiger partial charge in [-0.2, -0.15) is 0 Å². The van der Waals surface area contributed by atoms with Crippen molar-refractivity contribution in [2.24, 2.45) is 0 Å². The molecule has 1 atom stereocenters. The van der Waals surface area contributed by atoms with Crippen molar-refractivity contribution < 1.29 is 4.42 Å². The van der Waals surface area contributed by atoms with E-state index in [1.165, 1.54) is 38.8 Å². The summed E-state index contributed by atoms with van der Waals surface area (Å²) in [5.74, 6) is 1.45. The molecule has 2 aliphatic rings. The molecule has 0 amide bonds. The molecule has 0 spiro atoms. The smallest absolute Gasteiger partial charge is 0.134 e. The molecule has 3 aromatic carbocycles. The molecule has 0 fully saturated rings. The first-order chi connectivity index (χ1) is 11.9. The highest BCUT2D eigenvalue weighted by Crippen LogP contribution is 2.50. The van der Waals surface area contributed by atoms with Crippen LogP contribution in [0.3, 0.4) is 0 Å². The van der Waals surface area contributed by atoms with Gasteiger partial charge in [-0.3, -0.25) is 0 Å². The fourth-order valence-corrected chi connectivity index (χ4v) is 4.72. The van der Waals surface area contributed by atoms with Gasteiger partial charge in [-0.15, -0.1) is 0 Å². The third kappa shape index (κ3) is 1.50. The predicted molar refractivity (Wildman–Crippen MR) is 95.7 cm³/mol. The standard InChI is InChI=1S/C23H16O/c1-2-9-17-14(6-1)12-15-7-5-8-16-13-20-22(23(17)21(15)16)18-10-3-4-11-19(18)24-20/h1-11,23H,12-13H2. The summed E-state index contributed by atoms with van der Waals surface area (Å²) in [4.78, 5) is 0. The van der Waals surface area contributed by atoms with E-state index in [2.05, 4.69) is 66.7 Å². The van der Waals surface area contributed by atoms with E-state index >= 15 is 0 Å². The molecular formula is C23H16O. The maximum atomic E-state index is 6.26. The first kappa shape index (κ1) is 12.6. The van der Waals surface area contributed by atoms with Gasteiger partial charge in [0.25, 0.3) is 0 Å². The largest absolute Gasteiger partial charge is 0.460 e. The molecular weight excluding hydrogens is 292 g/mol. The van der Waals surface area contributed by atoms with Gasteiger partial charge in [-0.25, -0.2) is 0 Å². The molecule has 1 heteroatoms. The Kier molecular flexibility index (Phi) is 2.30. The fourth-order valence-electron chi connectivity index (χ4n) is 4.72. The first-order valence-corrected chi connectivity index (χ1v) is 8.59. The van der Waals surface area contributed by atoms with Crippen LogP contribution in [0.15, 0.2) is 71.1 Å². The predicted octanol–water partition coefficient (Wildman–Crippen LogP) is 5.42. The van der Waals surface area contributed by atoms with Crippen LogP contribution in [0.4, 0.5) is 0 Å². The fraction of sp³-hybridized carbons (Fsp3) is 0.130. The Bertz CT molecular complexity index is 1120. The Morgan fingerprint density at radius 2 is 1.42 bits per heavy atom. The average molecular weight is 308 g/mol. The van der Waals surface area contributed by atoms with E-state index < -0.39 is 0 Å². The second kappa shape index (κ2) is 4.39. The van der Waals surface area contributed by atoms with Gasteiger partial charge in [0.15, 0.2) is 0 Å². The van der Waals surface area contributed by atoms with Gasteiger partial charge in [-0.05, 0) is 40.3 Å². The lowest BCUT2D eigenvalue weighted by molar-refractivity contribution is 0.546. The minimum absolute atomic E-state index is 0.313. The van der Waals surface area contributed by atoms with Gasteiger partial charge in [0.05, 0.1) is 0 Å². The van der Waals surface area contributed by atoms with Crippen molar-refractivity contribution in [2.45, 2.75) is 18.8 Å². The molecule has 114 valence electrons. The molecule has 1 nitrogen and oxygen atoms in total. The molecule has 2 aliphatic carbocycles. The van der Waals surface area contributed by atoms with Gasteiger partial charge in [0, 0.05) is 23.3 Å². The number of hydrogen-bond donors (Lipinski definition) is 0. The topological polar surface area (TPSA) is 13.1 Å². The van der Waals surface area contributed by atoms with Crippen molar-refractivity contribution in [2.75, 3.05) is 0 Å². The molecule has 4 aromatic rings. The van der Waals surface area contributed by atoms with Crippen molar-refractivity contribution in [3.63, 3.8) is 0 Å². The average Bonchev–Trinajstić information content (AvgIpc) is 2.99. The summed E-state index contributed by atoms with van der Waals surface area (Å²) in [6.45, 7) is 0. The highest BCUT2D eigenvalue weighted by atomic mass is 16.3. The summed E-state index contributed by atoms with van der Waals surface area (Å²) >= 11 is 0. The molecule has 0 N–H and O–H groups in total. The Morgan fingerprint density at radius 3 is 2.38 bits per heavy atom. The summed E-state index contributed by atoms with van der Waals surface area (Å²) in [5, 5.41) is 1.27. The van der Waals surface area contributed by atoms with Gasteiger partial charge >= 0.3 is 0 Å². The minimum Gasteiger partial charge on any atom is -0.460 e. The summed E-state index contributed by atoms with van der Waals surface area (Å²) in [5.41, 5.74) is 9.73. The van der Waals surface area contributed by atoms with Gasteiger partial charge < -0.3 is 4.42 Å². The van der Waals surface area contributed by atoms with Crippen molar-refractivity contribution in [3.05, 3.63) is 106 Å². The molecule has 1 heterocycles. The zero-order valence-corrected chi connectivity index (χ0v) is 13.3. The Hall–Kier alpha value is -2.80. The molecule has 0 saturated heterocycles. The second-order valence-corrected chi connectivity index (χ2v) is 6.91. The lowest BCUT2D eigenvalue weighted by Crippen LogP contribution is -2.21. The Labute approximate surface area is 140 Å². The van der Waals surface area contributed by atoms with Crippen molar-refractivity contribution in [1.82, 2.24) is 0 Å². The number of hydrogen-bond acceptors (Lipinski definition) is 1. The van der Waals surface area contributed by atoms with Crippen LogP contribution in [0.25, 0.3) is 11.0 Å². The highest BCUT2D eigenvalue weighted by molar-refractivity contribution is 5.86. The second-order valence-electron chi connectivity index (χ2n) is 6.91. The molecule has 6 rings (SSSR count). The summed E-state index contributed by atoms with van der Waals surface area (Å²) < 4.78 is 6.26. The van der Waals surface area contributed by atoms with Crippen molar-refractivity contribution in [3.8, 4) is 0 Å². The molecule has 0 bridgehead atoms. The van der Waals surface area contributed by atoms with Crippen LogP contribution in [0.1, 0.15) is 45.1 Å². The van der Waals surface area contributed by atoms with Crippen LogP contribution in [-0.4, -0.2) is 0 Å². The molecule has 24 heavy (non-hydrogen) atoms. The maximum Gasteiger partial charge on any atom is 0.134 e. The number of rotatable bonds is 0. The zero-order valence-electron chi connectivity index (χ0n) is 13.3. The van der Waals surface area contributed by atoms with E-state index in [0.717, 1.165) is 24.2 Å². The number of furan rings is 1. The van der Waals surface area contributed by atoms with E-state index in [-0.39, 0.29) is 0 Å². The Morgan fingerprint density at radius 1 is 0.667 bits per heavy atom. The van der Waals surface area contributed by atoms with Crippen LogP contribution in [0, 0.1) is 0 Å². The lowest BCUT2D eigenvalue weighted by Gasteiger charge is -2.33. The highest BCUT2D eigenvalue weighted by Gasteiger charge is 2.36. The van der Waals surface area contributed by atoms with E-state index in [4.69, 9.17) is 4.42 Å². The molecule has 0 radical (unpaired) electrons. The summed E-state index contributed by atoms with van der Waals surface area (Å²) in [6, 6.07) is 24.2. The molecule has 1 unspecified atom stereocenters. The summed E-state index contributed by atoms with van der Waals surface area (Å²) in [6.07, 6.45) is 1.95. The van der Waals surface area contributed by atoms with Crippen LogP contribution < -0.4 is 0 Å². The maximum absolute atomic E-state index is 6.26. The van der Waals surface area contributed by atoms with Crippen LogP contribution in [-0.2, 0) is 12.8 Å². The SMILES string of the molecule is c1ccc2c(c1)Cc1cccc3c1C2c1c(oc2ccccc12)C3. The van der Waals surface area contributed by atoms with Crippen LogP contribution in [0.5, 0.6) is 0 Å². The number of fused-ring (bicyclic) bond motifs is 6. The third-order valence-corrected chi connectivity index (χ3v) is 5.67. The van der Waals surface area contributed by atoms with Gasteiger partial charge in [0.1, 0.15) is 11.3 Å². The van der Waals surface area contributed by atoms with E-state index in [9.17, 15) is 0 Å². The normalized spacial score (nSPS) is 17.2. The monoisotopic (exact) mass is 308 g/mol. The van der Waals surface area contributed by atoms with E-state index in [1.807, 2.05) is 0 Å². The molecule has 0 aliphatic heterocycles. The van der Waals surface area contributed by atoms with E-state index in [1.54, 1.807) is 0 Å².